The second kappa shape index (κ2) is 6.70. The van der Waals surface area contributed by atoms with Gasteiger partial charge in [0.1, 0.15) is 0 Å². The minimum absolute atomic E-state index is 0.149. The number of hydrogen-bond donors (Lipinski definition) is 2. The predicted molar refractivity (Wildman–Crippen MR) is 64.4 cm³/mol. The van der Waals surface area contributed by atoms with Gasteiger partial charge in [-0.1, -0.05) is 0 Å². The Bertz CT molecular complexity index is 434. The fourth-order valence-electron chi connectivity index (χ4n) is 1.46. The lowest BCUT2D eigenvalue weighted by Crippen LogP contribution is -2.34. The van der Waals surface area contributed by atoms with Crippen molar-refractivity contribution in [3.63, 3.8) is 0 Å². The summed E-state index contributed by atoms with van der Waals surface area (Å²) >= 11 is 0. The van der Waals surface area contributed by atoms with Gasteiger partial charge in [0.15, 0.2) is 0 Å². The molecule has 0 aliphatic rings. The quantitative estimate of drug-likeness (QED) is 0.774. The van der Waals surface area contributed by atoms with Crippen molar-refractivity contribution >= 4 is 11.9 Å². The highest BCUT2D eigenvalue weighted by Crippen LogP contribution is 2.03. The van der Waals surface area contributed by atoms with E-state index in [2.05, 4.69) is 10.3 Å². The molecule has 2 N–H and O–H groups in total. The molecule has 1 rings (SSSR count). The number of rotatable bonds is 6. The van der Waals surface area contributed by atoms with Crippen LogP contribution in [0.5, 0.6) is 0 Å². The van der Waals surface area contributed by atoms with Crippen molar-refractivity contribution in [3.05, 3.63) is 29.6 Å². The number of aryl methyl sites for hydroxylation is 1. The number of nitrogens with one attached hydrogen (secondary N) is 1. The molecule has 1 heterocycles. The number of aromatic nitrogens is 1. The number of hydrogen-bond acceptors (Lipinski definition) is 4. The number of aliphatic carboxylic acids is 1. The Morgan fingerprint density at radius 2 is 2.28 bits per heavy atom. The van der Waals surface area contributed by atoms with E-state index in [1.807, 2.05) is 0 Å². The van der Waals surface area contributed by atoms with Gasteiger partial charge in [0.05, 0.1) is 18.1 Å². The van der Waals surface area contributed by atoms with Crippen LogP contribution in [0.15, 0.2) is 18.3 Å². The van der Waals surface area contributed by atoms with Crippen molar-refractivity contribution < 1.29 is 19.4 Å². The van der Waals surface area contributed by atoms with Crippen molar-refractivity contribution in [3.8, 4) is 0 Å². The lowest BCUT2D eigenvalue weighted by Gasteiger charge is -2.14. The monoisotopic (exact) mass is 252 g/mol. The van der Waals surface area contributed by atoms with E-state index in [0.717, 1.165) is 0 Å². The zero-order valence-corrected chi connectivity index (χ0v) is 10.3. The SMILES string of the molecule is COC(CNC(=O)c1cccnc1C)CC(=O)O. The van der Waals surface area contributed by atoms with E-state index < -0.39 is 12.1 Å². The third kappa shape index (κ3) is 4.14. The molecule has 0 saturated heterocycles. The number of nitrogens with zero attached hydrogens (tertiary/aromatic N) is 1. The second-order valence-electron chi connectivity index (χ2n) is 3.80. The van der Waals surface area contributed by atoms with Gasteiger partial charge in [-0.15, -0.1) is 0 Å². The van der Waals surface area contributed by atoms with Gasteiger partial charge in [0.2, 0.25) is 0 Å². The van der Waals surface area contributed by atoms with Crippen LogP contribution in [0.25, 0.3) is 0 Å². The van der Waals surface area contributed by atoms with Crippen LogP contribution < -0.4 is 5.32 Å². The molecule has 6 nitrogen and oxygen atoms in total. The molecule has 0 aromatic carbocycles. The average Bonchev–Trinajstić information content (AvgIpc) is 2.34. The molecule has 18 heavy (non-hydrogen) atoms. The van der Waals surface area contributed by atoms with E-state index >= 15 is 0 Å². The highest BCUT2D eigenvalue weighted by Gasteiger charge is 2.15. The van der Waals surface area contributed by atoms with Crippen molar-refractivity contribution in [1.82, 2.24) is 10.3 Å². The molecule has 0 aliphatic heterocycles. The van der Waals surface area contributed by atoms with Crippen LogP contribution in [0.1, 0.15) is 22.5 Å². The van der Waals surface area contributed by atoms with Crippen LogP contribution in [-0.2, 0) is 9.53 Å². The molecule has 1 aromatic rings. The molecule has 0 spiro atoms. The van der Waals surface area contributed by atoms with Crippen LogP contribution in [0, 0.1) is 6.92 Å². The van der Waals surface area contributed by atoms with Crippen molar-refractivity contribution in [1.29, 1.82) is 0 Å². The first kappa shape index (κ1) is 14.1. The van der Waals surface area contributed by atoms with Gasteiger partial charge in [-0.2, -0.15) is 0 Å². The van der Waals surface area contributed by atoms with Gasteiger partial charge in [-0.05, 0) is 19.1 Å². The van der Waals surface area contributed by atoms with Crippen LogP contribution in [0.3, 0.4) is 0 Å². The largest absolute Gasteiger partial charge is 0.481 e. The van der Waals surface area contributed by atoms with Crippen molar-refractivity contribution in [2.75, 3.05) is 13.7 Å². The lowest BCUT2D eigenvalue weighted by molar-refractivity contribution is -0.139. The smallest absolute Gasteiger partial charge is 0.306 e. The maximum absolute atomic E-state index is 11.8. The molecule has 1 amide bonds. The van der Waals surface area contributed by atoms with E-state index in [-0.39, 0.29) is 18.9 Å². The summed E-state index contributed by atoms with van der Waals surface area (Å²) in [5, 5.41) is 11.3. The molecule has 98 valence electrons. The first-order valence-corrected chi connectivity index (χ1v) is 5.49. The van der Waals surface area contributed by atoms with Gasteiger partial charge in [-0.3, -0.25) is 14.6 Å². The molecule has 0 aliphatic carbocycles. The molecular weight excluding hydrogens is 236 g/mol. The van der Waals surface area contributed by atoms with E-state index in [0.29, 0.717) is 11.3 Å². The number of carbonyl (C=O) groups is 2. The van der Waals surface area contributed by atoms with E-state index in [9.17, 15) is 9.59 Å². The standard InChI is InChI=1S/C12H16N2O4/c1-8-10(4-3-5-13-8)12(17)14-7-9(18-2)6-11(15)16/h3-5,9H,6-7H2,1-2H3,(H,14,17)(H,15,16). The second-order valence-corrected chi connectivity index (χ2v) is 3.80. The lowest BCUT2D eigenvalue weighted by atomic mass is 10.2. The van der Waals surface area contributed by atoms with Gasteiger partial charge in [0, 0.05) is 25.5 Å². The number of methoxy groups -OCH3 is 1. The Balaban J connectivity index is 2.55. The number of pyridine rings is 1. The Labute approximate surface area is 105 Å². The molecule has 1 unspecified atom stereocenters. The van der Waals surface area contributed by atoms with Crippen LogP contribution in [0.4, 0.5) is 0 Å². The first-order chi connectivity index (χ1) is 8.54. The topological polar surface area (TPSA) is 88.5 Å². The van der Waals surface area contributed by atoms with Gasteiger partial charge in [-0.25, -0.2) is 0 Å². The summed E-state index contributed by atoms with van der Waals surface area (Å²) in [6.07, 6.45) is 0.917. The zero-order chi connectivity index (χ0) is 13.5. The zero-order valence-electron chi connectivity index (χ0n) is 10.3. The van der Waals surface area contributed by atoms with Crippen LogP contribution in [-0.4, -0.2) is 41.7 Å². The highest BCUT2D eigenvalue weighted by atomic mass is 16.5. The maximum Gasteiger partial charge on any atom is 0.306 e. The van der Waals surface area contributed by atoms with Crippen LogP contribution >= 0.6 is 0 Å². The molecule has 1 aromatic heterocycles. The molecule has 0 radical (unpaired) electrons. The number of carbonyl (C=O) groups excluding carboxylic acids is 1. The summed E-state index contributed by atoms with van der Waals surface area (Å²) in [6, 6.07) is 3.34. The molecule has 0 saturated carbocycles. The summed E-state index contributed by atoms with van der Waals surface area (Å²) in [6.45, 7) is 1.88. The molecular formula is C12H16N2O4. The van der Waals surface area contributed by atoms with Crippen LogP contribution in [0.2, 0.25) is 0 Å². The molecule has 1 atom stereocenters. The highest BCUT2D eigenvalue weighted by molar-refractivity contribution is 5.95. The number of amides is 1. The Kier molecular flexibility index (Phi) is 5.26. The third-order valence-corrected chi connectivity index (χ3v) is 2.48. The predicted octanol–water partition coefficient (Wildman–Crippen LogP) is 0.610. The number of carboxylic acid groups (broad SMARTS) is 1. The maximum atomic E-state index is 11.8. The van der Waals surface area contributed by atoms with E-state index in [4.69, 9.17) is 9.84 Å². The van der Waals surface area contributed by atoms with Gasteiger partial charge >= 0.3 is 5.97 Å². The number of ether oxygens (including phenoxy) is 1. The fraction of sp³-hybridized carbons (Fsp3) is 0.417. The van der Waals surface area contributed by atoms with Gasteiger partial charge < -0.3 is 15.2 Å². The number of carboxylic acids is 1. The Morgan fingerprint density at radius 1 is 1.56 bits per heavy atom. The summed E-state index contributed by atoms with van der Waals surface area (Å²) in [5.74, 6) is -1.25. The Morgan fingerprint density at radius 3 is 2.83 bits per heavy atom. The molecule has 0 bridgehead atoms. The fourth-order valence-corrected chi connectivity index (χ4v) is 1.46. The normalized spacial score (nSPS) is 11.9. The average molecular weight is 252 g/mol. The van der Waals surface area contributed by atoms with Gasteiger partial charge in [0.25, 0.3) is 5.91 Å². The third-order valence-electron chi connectivity index (χ3n) is 2.48. The van der Waals surface area contributed by atoms with E-state index in [1.165, 1.54) is 7.11 Å². The first-order valence-electron chi connectivity index (χ1n) is 5.49. The van der Waals surface area contributed by atoms with Crippen molar-refractivity contribution in [2.24, 2.45) is 0 Å². The summed E-state index contributed by atoms with van der Waals surface area (Å²) in [4.78, 5) is 26.4. The van der Waals surface area contributed by atoms with E-state index in [1.54, 1.807) is 25.3 Å². The minimum Gasteiger partial charge on any atom is -0.481 e. The molecule has 6 heteroatoms. The van der Waals surface area contributed by atoms with Crippen molar-refractivity contribution in [2.45, 2.75) is 19.4 Å². The minimum atomic E-state index is -0.964. The summed E-state index contributed by atoms with van der Waals surface area (Å²) in [5.41, 5.74) is 1.10. The summed E-state index contributed by atoms with van der Waals surface area (Å²) in [7, 11) is 1.41. The Hall–Kier alpha value is -1.95. The molecule has 0 fully saturated rings. The summed E-state index contributed by atoms with van der Waals surface area (Å²) < 4.78 is 4.97.